The Morgan fingerprint density at radius 2 is 1.52 bits per heavy atom. The van der Waals surface area contributed by atoms with Crippen LogP contribution in [0.3, 0.4) is 0 Å². The van der Waals surface area contributed by atoms with E-state index in [1.165, 1.54) is 0 Å². The molecule has 2 aromatic carbocycles. The van der Waals surface area contributed by atoms with Crippen molar-refractivity contribution in [3.8, 4) is 23.0 Å². The van der Waals surface area contributed by atoms with Crippen LogP contribution in [-0.4, -0.2) is 70.3 Å². The van der Waals surface area contributed by atoms with E-state index < -0.39 is 0 Å². The van der Waals surface area contributed by atoms with E-state index in [1.54, 1.807) is 40.6 Å². The van der Waals surface area contributed by atoms with Gasteiger partial charge in [-0.2, -0.15) is 0 Å². The highest BCUT2D eigenvalue weighted by Crippen LogP contribution is 2.28. The van der Waals surface area contributed by atoms with Crippen molar-refractivity contribution in [2.45, 2.75) is 6.54 Å². The van der Waals surface area contributed by atoms with Crippen LogP contribution in [0.4, 0.5) is 0 Å². The lowest BCUT2D eigenvalue weighted by Gasteiger charge is -2.34. The monoisotopic (exact) mass is 426 g/mol. The molecular weight excluding hydrogens is 396 g/mol. The molecule has 7 nitrogen and oxygen atoms in total. The first-order valence-corrected chi connectivity index (χ1v) is 10.2. The maximum Gasteiger partial charge on any atom is 0.246 e. The van der Waals surface area contributed by atoms with Crippen molar-refractivity contribution in [3.63, 3.8) is 0 Å². The fourth-order valence-electron chi connectivity index (χ4n) is 3.60. The summed E-state index contributed by atoms with van der Waals surface area (Å²) in [5.41, 5.74) is 1.96. The Morgan fingerprint density at radius 3 is 2.16 bits per heavy atom. The molecule has 0 aliphatic carbocycles. The zero-order valence-electron chi connectivity index (χ0n) is 18.6. The van der Waals surface area contributed by atoms with Crippen LogP contribution in [0, 0.1) is 0 Å². The minimum Gasteiger partial charge on any atom is -0.497 e. The van der Waals surface area contributed by atoms with Crippen LogP contribution in [0.2, 0.25) is 0 Å². The molecule has 0 radical (unpaired) electrons. The zero-order chi connectivity index (χ0) is 22.2. The standard InChI is InChI=1S/C24H30N2O5/c1-28-20-7-9-21(29-2)19(16-20)6-10-24(27)26-13-11-25(12-14-26)17-18-5-8-22(30-3)23(15-18)31-4/h5-10,15-16H,11-14,17H2,1-4H3/b10-6+. The molecule has 3 rings (SSSR count). The fourth-order valence-corrected chi connectivity index (χ4v) is 3.60. The first-order valence-electron chi connectivity index (χ1n) is 10.2. The van der Waals surface area contributed by atoms with Crippen molar-refractivity contribution in [1.29, 1.82) is 0 Å². The Morgan fingerprint density at radius 1 is 0.839 bits per heavy atom. The molecule has 0 unspecified atom stereocenters. The van der Waals surface area contributed by atoms with Crippen molar-refractivity contribution in [1.82, 2.24) is 9.80 Å². The molecule has 31 heavy (non-hydrogen) atoms. The highest BCUT2D eigenvalue weighted by molar-refractivity contribution is 5.92. The quantitative estimate of drug-likeness (QED) is 0.605. The van der Waals surface area contributed by atoms with Gasteiger partial charge in [0.1, 0.15) is 11.5 Å². The Kier molecular flexibility index (Phi) is 7.78. The predicted octanol–water partition coefficient (Wildman–Crippen LogP) is 3.08. The van der Waals surface area contributed by atoms with E-state index in [0.29, 0.717) is 18.8 Å². The summed E-state index contributed by atoms with van der Waals surface area (Å²) in [6, 6.07) is 11.5. The predicted molar refractivity (Wildman–Crippen MR) is 120 cm³/mol. The number of piperazine rings is 1. The first kappa shape index (κ1) is 22.5. The summed E-state index contributed by atoms with van der Waals surface area (Å²) < 4.78 is 21.3. The van der Waals surface area contributed by atoms with Crippen molar-refractivity contribution < 1.29 is 23.7 Å². The zero-order valence-corrected chi connectivity index (χ0v) is 18.6. The minimum absolute atomic E-state index is 0.00404. The molecule has 1 aliphatic rings. The van der Waals surface area contributed by atoms with E-state index >= 15 is 0 Å². The van der Waals surface area contributed by atoms with Gasteiger partial charge in [0.2, 0.25) is 5.91 Å². The van der Waals surface area contributed by atoms with Crippen molar-refractivity contribution in [2.24, 2.45) is 0 Å². The highest BCUT2D eigenvalue weighted by atomic mass is 16.5. The van der Waals surface area contributed by atoms with Crippen LogP contribution in [0.15, 0.2) is 42.5 Å². The molecule has 0 N–H and O–H groups in total. The van der Waals surface area contributed by atoms with Gasteiger partial charge in [-0.25, -0.2) is 0 Å². The van der Waals surface area contributed by atoms with Crippen LogP contribution < -0.4 is 18.9 Å². The SMILES string of the molecule is COc1ccc(OC)c(/C=C/C(=O)N2CCN(Cc3ccc(OC)c(OC)c3)CC2)c1. The number of ether oxygens (including phenoxy) is 4. The molecule has 1 heterocycles. The largest absolute Gasteiger partial charge is 0.497 e. The van der Waals surface area contributed by atoms with Gasteiger partial charge in [0.25, 0.3) is 0 Å². The summed E-state index contributed by atoms with van der Waals surface area (Å²) in [4.78, 5) is 16.9. The minimum atomic E-state index is -0.00404. The van der Waals surface area contributed by atoms with Crippen LogP contribution in [0.1, 0.15) is 11.1 Å². The Labute approximate surface area is 183 Å². The van der Waals surface area contributed by atoms with Gasteiger partial charge < -0.3 is 23.8 Å². The average molecular weight is 427 g/mol. The molecule has 2 aromatic rings. The molecule has 1 amide bonds. The van der Waals surface area contributed by atoms with Gasteiger partial charge in [-0.3, -0.25) is 9.69 Å². The van der Waals surface area contributed by atoms with E-state index in [9.17, 15) is 4.79 Å². The van der Waals surface area contributed by atoms with Crippen LogP contribution in [-0.2, 0) is 11.3 Å². The molecule has 7 heteroatoms. The Bertz CT molecular complexity index is 920. The van der Waals surface area contributed by atoms with E-state index in [2.05, 4.69) is 4.90 Å². The second kappa shape index (κ2) is 10.7. The maximum atomic E-state index is 12.7. The van der Waals surface area contributed by atoms with Crippen LogP contribution >= 0.6 is 0 Å². The van der Waals surface area contributed by atoms with Crippen LogP contribution in [0.25, 0.3) is 6.08 Å². The summed E-state index contributed by atoms with van der Waals surface area (Å²) in [7, 11) is 6.49. The van der Waals surface area contributed by atoms with E-state index in [1.807, 2.05) is 41.3 Å². The number of nitrogens with zero attached hydrogens (tertiary/aromatic N) is 2. The van der Waals surface area contributed by atoms with Crippen molar-refractivity contribution >= 4 is 12.0 Å². The molecule has 1 fully saturated rings. The number of methoxy groups -OCH3 is 4. The third-order valence-corrected chi connectivity index (χ3v) is 5.38. The third kappa shape index (κ3) is 5.70. The summed E-state index contributed by atoms with van der Waals surface area (Å²) in [5.74, 6) is 2.87. The number of rotatable bonds is 8. The molecule has 0 saturated carbocycles. The number of carbonyl (C=O) groups excluding carboxylic acids is 1. The van der Waals surface area contributed by atoms with Gasteiger partial charge in [0, 0.05) is 44.4 Å². The van der Waals surface area contributed by atoms with E-state index in [-0.39, 0.29) is 5.91 Å². The van der Waals surface area contributed by atoms with Gasteiger partial charge in [-0.1, -0.05) is 6.07 Å². The molecule has 1 aliphatic heterocycles. The van der Waals surface area contributed by atoms with Gasteiger partial charge in [0.15, 0.2) is 11.5 Å². The number of hydrogen-bond acceptors (Lipinski definition) is 6. The summed E-state index contributed by atoms with van der Waals surface area (Å²) in [5, 5.41) is 0. The fraction of sp³-hybridized carbons (Fsp3) is 0.375. The van der Waals surface area contributed by atoms with E-state index in [0.717, 1.165) is 48.0 Å². The molecule has 0 spiro atoms. The number of carbonyl (C=O) groups is 1. The Hall–Kier alpha value is -3.19. The van der Waals surface area contributed by atoms with Gasteiger partial charge in [-0.15, -0.1) is 0 Å². The smallest absolute Gasteiger partial charge is 0.246 e. The highest BCUT2D eigenvalue weighted by Gasteiger charge is 2.20. The topological polar surface area (TPSA) is 60.5 Å². The van der Waals surface area contributed by atoms with E-state index in [4.69, 9.17) is 18.9 Å². The molecule has 0 aromatic heterocycles. The maximum absolute atomic E-state index is 12.7. The second-order valence-electron chi connectivity index (χ2n) is 7.23. The second-order valence-corrected chi connectivity index (χ2v) is 7.23. The first-order chi connectivity index (χ1) is 15.1. The summed E-state index contributed by atoms with van der Waals surface area (Å²) in [6.45, 7) is 3.81. The van der Waals surface area contributed by atoms with Gasteiger partial charge in [0.05, 0.1) is 28.4 Å². The van der Waals surface area contributed by atoms with Gasteiger partial charge >= 0.3 is 0 Å². The lowest BCUT2D eigenvalue weighted by molar-refractivity contribution is -0.127. The molecule has 166 valence electrons. The lowest BCUT2D eigenvalue weighted by atomic mass is 10.1. The number of hydrogen-bond donors (Lipinski definition) is 0. The molecule has 0 bridgehead atoms. The van der Waals surface area contributed by atoms with Gasteiger partial charge in [-0.05, 0) is 42.0 Å². The van der Waals surface area contributed by atoms with Crippen LogP contribution in [0.5, 0.6) is 23.0 Å². The Balaban J connectivity index is 1.56. The normalized spacial score (nSPS) is 14.5. The average Bonchev–Trinajstić information content (AvgIpc) is 2.82. The third-order valence-electron chi connectivity index (χ3n) is 5.38. The lowest BCUT2D eigenvalue weighted by Crippen LogP contribution is -2.47. The molecule has 1 saturated heterocycles. The molecular formula is C24H30N2O5. The summed E-state index contributed by atoms with van der Waals surface area (Å²) in [6.07, 6.45) is 3.38. The summed E-state index contributed by atoms with van der Waals surface area (Å²) >= 11 is 0. The number of amides is 1. The number of benzene rings is 2. The van der Waals surface area contributed by atoms with Crippen molar-refractivity contribution in [2.75, 3.05) is 54.6 Å². The van der Waals surface area contributed by atoms with Crippen molar-refractivity contribution in [3.05, 3.63) is 53.6 Å². The molecule has 0 atom stereocenters.